The zero-order valence-corrected chi connectivity index (χ0v) is 14.9. The SMILES string of the molecule is N[C@@H](Cc1ccc(C2CC(=O)NS2(O)O)c(Cl)c1)C(=O)OC(=O)C(F)(F)F. The number of carbonyl (C=O) groups is 3. The van der Waals surface area contributed by atoms with Crippen LogP contribution in [0.2, 0.25) is 5.02 Å². The summed E-state index contributed by atoms with van der Waals surface area (Å²) in [4.78, 5) is 33.5. The summed E-state index contributed by atoms with van der Waals surface area (Å²) in [7, 11) is -3.42. The molecule has 1 aliphatic heterocycles. The van der Waals surface area contributed by atoms with E-state index < -0.39 is 46.1 Å². The molecule has 2 rings (SSSR count). The van der Waals surface area contributed by atoms with Crippen molar-refractivity contribution >= 4 is 40.2 Å². The molecular weight excluding hydrogens is 417 g/mol. The van der Waals surface area contributed by atoms with Crippen LogP contribution in [0.5, 0.6) is 0 Å². The van der Waals surface area contributed by atoms with Crippen molar-refractivity contribution in [1.82, 2.24) is 4.72 Å². The predicted molar refractivity (Wildman–Crippen MR) is 88.6 cm³/mol. The molecule has 0 saturated carbocycles. The Hall–Kier alpha value is -1.86. The first-order valence-electron chi connectivity index (χ1n) is 7.25. The normalized spacial score (nSPS) is 21.3. The van der Waals surface area contributed by atoms with Crippen molar-refractivity contribution in [3.8, 4) is 0 Å². The summed E-state index contributed by atoms with van der Waals surface area (Å²) in [5.74, 6) is -4.78. The van der Waals surface area contributed by atoms with Crippen LogP contribution in [0.1, 0.15) is 22.8 Å². The number of nitrogens with two attached hydrogens (primary N) is 1. The van der Waals surface area contributed by atoms with Gasteiger partial charge in [0.15, 0.2) is 0 Å². The van der Waals surface area contributed by atoms with Gasteiger partial charge in [0.2, 0.25) is 5.91 Å². The number of halogens is 4. The number of hydrogen-bond acceptors (Lipinski definition) is 7. The van der Waals surface area contributed by atoms with Crippen LogP contribution in [-0.2, 0) is 25.5 Å². The van der Waals surface area contributed by atoms with Gasteiger partial charge < -0.3 is 10.5 Å². The fourth-order valence-corrected chi connectivity index (χ4v) is 4.28. The molecular formula is C14H14ClF3N2O6S. The molecule has 1 amide bonds. The van der Waals surface area contributed by atoms with Crippen LogP contribution in [0, 0.1) is 0 Å². The Balaban J connectivity index is 2.08. The fraction of sp³-hybridized carbons (Fsp3) is 0.357. The molecule has 0 aliphatic carbocycles. The lowest BCUT2D eigenvalue weighted by atomic mass is 10.0. The standard InChI is InChI=1S/C14H14ClF3N2O6S/c15-8-3-6(4-9(19)12(22)26-13(23)14(16,17)18)1-2-7(8)10-5-11(21)20-27(10,24)25/h1-3,9-10,24-25H,4-5,19H2,(H,20,21)/t9-,10?/m0/s1. The third kappa shape index (κ3) is 5.11. The smallest absolute Gasteiger partial charge is 0.385 e. The summed E-state index contributed by atoms with van der Waals surface area (Å²) in [6, 6.07) is 2.54. The minimum atomic E-state index is -5.32. The van der Waals surface area contributed by atoms with Crippen LogP contribution in [0.3, 0.4) is 0 Å². The van der Waals surface area contributed by atoms with E-state index in [4.69, 9.17) is 17.3 Å². The lowest BCUT2D eigenvalue weighted by Gasteiger charge is -2.33. The number of carbonyl (C=O) groups excluding carboxylic acids is 3. The average Bonchev–Trinajstić information content (AvgIpc) is 2.78. The van der Waals surface area contributed by atoms with Crippen molar-refractivity contribution in [1.29, 1.82) is 0 Å². The number of benzene rings is 1. The molecule has 1 aromatic rings. The van der Waals surface area contributed by atoms with Gasteiger partial charge in [0, 0.05) is 5.02 Å². The summed E-state index contributed by atoms with van der Waals surface area (Å²) in [6.45, 7) is 0. The van der Waals surface area contributed by atoms with E-state index in [1.165, 1.54) is 18.2 Å². The quantitative estimate of drug-likeness (QED) is 0.423. The highest BCUT2D eigenvalue weighted by atomic mass is 35.5. The summed E-state index contributed by atoms with van der Waals surface area (Å²) >= 11 is 6.08. The van der Waals surface area contributed by atoms with E-state index in [1.807, 2.05) is 0 Å². The maximum atomic E-state index is 12.1. The lowest BCUT2D eigenvalue weighted by molar-refractivity contribution is -0.202. The molecule has 27 heavy (non-hydrogen) atoms. The van der Waals surface area contributed by atoms with Crippen LogP contribution < -0.4 is 10.5 Å². The van der Waals surface area contributed by atoms with Gasteiger partial charge in [0.05, 0.1) is 6.42 Å². The molecule has 0 bridgehead atoms. The summed E-state index contributed by atoms with van der Waals surface area (Å²) < 4.78 is 61.7. The van der Waals surface area contributed by atoms with Crippen molar-refractivity contribution in [3.63, 3.8) is 0 Å². The first-order chi connectivity index (χ1) is 12.3. The fourth-order valence-electron chi connectivity index (χ4n) is 2.37. The van der Waals surface area contributed by atoms with Gasteiger partial charge in [0.1, 0.15) is 11.3 Å². The molecule has 8 nitrogen and oxygen atoms in total. The molecule has 1 fully saturated rings. The predicted octanol–water partition coefficient (Wildman–Crippen LogP) is 2.07. The van der Waals surface area contributed by atoms with Crippen molar-refractivity contribution in [3.05, 3.63) is 34.3 Å². The lowest BCUT2D eigenvalue weighted by Crippen LogP contribution is -2.38. The van der Waals surface area contributed by atoms with Crippen LogP contribution in [0.15, 0.2) is 18.2 Å². The zero-order chi connectivity index (χ0) is 20.6. The van der Waals surface area contributed by atoms with Gasteiger partial charge in [-0.15, -0.1) is 10.8 Å². The number of amides is 1. The highest BCUT2D eigenvalue weighted by Crippen LogP contribution is 2.57. The second-order valence-corrected chi connectivity index (χ2v) is 8.05. The van der Waals surface area contributed by atoms with Crippen LogP contribution in [0.25, 0.3) is 0 Å². The van der Waals surface area contributed by atoms with Crippen molar-refractivity contribution in [2.75, 3.05) is 0 Å². The maximum Gasteiger partial charge on any atom is 0.491 e. The molecule has 1 aromatic carbocycles. The van der Waals surface area contributed by atoms with Gasteiger partial charge in [-0.2, -0.15) is 13.2 Å². The molecule has 1 aliphatic rings. The van der Waals surface area contributed by atoms with E-state index >= 15 is 0 Å². The summed E-state index contributed by atoms with van der Waals surface area (Å²) in [6.07, 6.45) is -5.80. The van der Waals surface area contributed by atoms with E-state index in [2.05, 4.69) is 9.46 Å². The second-order valence-electron chi connectivity index (χ2n) is 5.68. The summed E-state index contributed by atoms with van der Waals surface area (Å²) in [5.41, 5.74) is 6.03. The average molecular weight is 431 g/mol. The van der Waals surface area contributed by atoms with Gasteiger partial charge in [-0.25, -0.2) is 9.59 Å². The van der Waals surface area contributed by atoms with Gasteiger partial charge >= 0.3 is 18.1 Å². The molecule has 0 spiro atoms. The van der Waals surface area contributed by atoms with Gasteiger partial charge in [-0.1, -0.05) is 23.7 Å². The molecule has 13 heteroatoms. The second kappa shape index (κ2) is 7.64. The van der Waals surface area contributed by atoms with E-state index in [-0.39, 0.29) is 23.4 Å². The van der Waals surface area contributed by atoms with Crippen LogP contribution in [-0.4, -0.2) is 39.2 Å². The minimum absolute atomic E-state index is 0.0425. The topological polar surface area (TPSA) is 139 Å². The molecule has 1 heterocycles. The Labute approximate surface area is 157 Å². The number of rotatable bonds is 4. The Morgan fingerprint density at radius 2 is 2.04 bits per heavy atom. The zero-order valence-electron chi connectivity index (χ0n) is 13.3. The van der Waals surface area contributed by atoms with E-state index in [0.717, 1.165) is 0 Å². The number of nitrogens with one attached hydrogen (secondary N) is 1. The Kier molecular flexibility index (Phi) is 6.06. The number of hydrogen-bond donors (Lipinski definition) is 4. The number of esters is 2. The van der Waals surface area contributed by atoms with Gasteiger partial charge in [-0.3, -0.25) is 18.6 Å². The van der Waals surface area contributed by atoms with E-state index in [1.54, 1.807) is 0 Å². The molecule has 1 saturated heterocycles. The largest absolute Gasteiger partial charge is 0.491 e. The summed E-state index contributed by atoms with van der Waals surface area (Å²) in [5, 5.41) is -0.921. The first kappa shape index (κ1) is 21.4. The molecule has 0 radical (unpaired) electrons. The first-order valence-corrected chi connectivity index (χ1v) is 9.24. The highest BCUT2D eigenvalue weighted by molar-refractivity contribution is 8.23. The molecule has 0 aromatic heterocycles. The Morgan fingerprint density at radius 3 is 2.52 bits per heavy atom. The van der Waals surface area contributed by atoms with Crippen LogP contribution >= 0.6 is 22.4 Å². The molecule has 1 unspecified atom stereocenters. The third-order valence-electron chi connectivity index (χ3n) is 3.63. The number of ether oxygens (including phenoxy) is 1. The monoisotopic (exact) mass is 430 g/mol. The van der Waals surface area contributed by atoms with Gasteiger partial charge in [-0.05, 0) is 23.6 Å². The van der Waals surface area contributed by atoms with Crippen LogP contribution in [0.4, 0.5) is 13.2 Å². The molecule has 2 atom stereocenters. The third-order valence-corrected chi connectivity index (χ3v) is 5.70. The Morgan fingerprint density at radius 1 is 1.41 bits per heavy atom. The van der Waals surface area contributed by atoms with Gasteiger partial charge in [0.25, 0.3) is 0 Å². The molecule has 150 valence electrons. The molecule has 5 N–H and O–H groups in total. The highest BCUT2D eigenvalue weighted by Gasteiger charge is 2.43. The Bertz CT molecular complexity index is 789. The van der Waals surface area contributed by atoms with E-state index in [0.29, 0.717) is 5.56 Å². The van der Waals surface area contributed by atoms with Crippen molar-refractivity contribution < 1.29 is 41.4 Å². The number of alkyl halides is 3. The maximum absolute atomic E-state index is 12.1. The van der Waals surface area contributed by atoms with E-state index in [9.17, 15) is 36.7 Å². The van der Waals surface area contributed by atoms with Crippen molar-refractivity contribution in [2.24, 2.45) is 5.73 Å². The minimum Gasteiger partial charge on any atom is -0.385 e. The van der Waals surface area contributed by atoms with Crippen molar-refractivity contribution in [2.45, 2.75) is 30.3 Å².